The van der Waals surface area contributed by atoms with Gasteiger partial charge in [0.15, 0.2) is 5.76 Å². The normalized spacial score (nSPS) is 14.8. The van der Waals surface area contributed by atoms with Crippen LogP contribution in [0.4, 0.5) is 5.69 Å². The van der Waals surface area contributed by atoms with E-state index in [0.29, 0.717) is 16.3 Å². The van der Waals surface area contributed by atoms with E-state index in [1.807, 2.05) is 26.0 Å². The summed E-state index contributed by atoms with van der Waals surface area (Å²) in [5.41, 5.74) is 2.71. The molecule has 2 amide bonds. The van der Waals surface area contributed by atoms with E-state index in [1.165, 1.54) is 6.07 Å². The van der Waals surface area contributed by atoms with E-state index in [4.69, 9.17) is 11.6 Å². The van der Waals surface area contributed by atoms with E-state index >= 15 is 0 Å². The minimum atomic E-state index is -0.745. The Morgan fingerprint density at radius 1 is 0.957 bits per heavy atom. The molecule has 4 nitrogen and oxygen atoms in total. The molecule has 0 radical (unpaired) electrons. The molecule has 2 aromatic rings. The van der Waals surface area contributed by atoms with E-state index in [9.17, 15) is 14.7 Å². The van der Waals surface area contributed by atoms with Gasteiger partial charge in [-0.1, -0.05) is 47.5 Å². The number of hydrogen-bond donors (Lipinski definition) is 1. The predicted octanol–water partition coefficient (Wildman–Crippen LogP) is 3.80. The second-order valence-corrected chi connectivity index (χ2v) is 5.88. The number of halogens is 1. The van der Waals surface area contributed by atoms with Crippen LogP contribution in [0.5, 0.6) is 0 Å². The largest absolute Gasteiger partial charge is 0.502 e. The number of aliphatic hydroxyl groups is 1. The Hall–Kier alpha value is -2.59. The summed E-state index contributed by atoms with van der Waals surface area (Å²) >= 11 is 6.07. The molecule has 0 unspecified atom stereocenters. The quantitative estimate of drug-likeness (QED) is 0.853. The van der Waals surface area contributed by atoms with Crippen LogP contribution >= 0.6 is 11.6 Å². The van der Waals surface area contributed by atoms with Gasteiger partial charge in [-0.25, -0.2) is 4.90 Å². The Morgan fingerprint density at radius 2 is 1.61 bits per heavy atom. The zero-order valence-corrected chi connectivity index (χ0v) is 13.4. The van der Waals surface area contributed by atoms with E-state index < -0.39 is 17.6 Å². The van der Waals surface area contributed by atoms with Gasteiger partial charge in [-0.2, -0.15) is 0 Å². The summed E-state index contributed by atoms with van der Waals surface area (Å²) in [6, 6.07) is 11.9. The third-order valence-electron chi connectivity index (χ3n) is 3.81. The average Bonchev–Trinajstić information content (AvgIpc) is 2.74. The monoisotopic (exact) mass is 327 g/mol. The van der Waals surface area contributed by atoms with Crippen LogP contribution in [0, 0.1) is 13.8 Å². The van der Waals surface area contributed by atoms with Gasteiger partial charge in [0.25, 0.3) is 5.91 Å². The highest BCUT2D eigenvalue weighted by Gasteiger charge is 2.40. The second-order valence-electron chi connectivity index (χ2n) is 5.47. The topological polar surface area (TPSA) is 57.6 Å². The van der Waals surface area contributed by atoms with Crippen molar-refractivity contribution in [3.8, 4) is 0 Å². The smallest absolute Gasteiger partial charge is 0.301 e. The lowest BCUT2D eigenvalue weighted by Gasteiger charge is -2.15. The first kappa shape index (κ1) is 15.3. The van der Waals surface area contributed by atoms with Crippen molar-refractivity contribution in [2.75, 3.05) is 4.90 Å². The number of imide groups is 1. The number of hydrogen-bond acceptors (Lipinski definition) is 3. The lowest BCUT2D eigenvalue weighted by Crippen LogP contribution is -2.31. The van der Waals surface area contributed by atoms with Gasteiger partial charge in [0.2, 0.25) is 0 Å². The van der Waals surface area contributed by atoms with Gasteiger partial charge in [-0.3, -0.25) is 9.59 Å². The highest BCUT2D eigenvalue weighted by atomic mass is 35.5. The minimum Gasteiger partial charge on any atom is -0.502 e. The maximum atomic E-state index is 12.7. The van der Waals surface area contributed by atoms with Crippen LogP contribution < -0.4 is 4.90 Å². The highest BCUT2D eigenvalue weighted by Crippen LogP contribution is 2.33. The number of rotatable bonds is 2. The van der Waals surface area contributed by atoms with Crippen molar-refractivity contribution in [1.29, 1.82) is 0 Å². The molecule has 1 aliphatic heterocycles. The molecule has 2 aromatic carbocycles. The fourth-order valence-electron chi connectivity index (χ4n) is 2.45. The van der Waals surface area contributed by atoms with Gasteiger partial charge in [0.1, 0.15) is 0 Å². The number of aryl methyl sites for hydroxylation is 2. The molecule has 0 aliphatic carbocycles. The molecule has 1 N–H and O–H groups in total. The lowest BCUT2D eigenvalue weighted by atomic mass is 10.0. The van der Waals surface area contributed by atoms with Crippen molar-refractivity contribution in [1.82, 2.24) is 0 Å². The summed E-state index contributed by atoms with van der Waals surface area (Å²) in [6.07, 6.45) is 0. The average molecular weight is 328 g/mol. The molecule has 0 saturated carbocycles. The molecule has 5 heteroatoms. The Morgan fingerprint density at radius 3 is 2.22 bits per heavy atom. The Bertz CT molecular complexity index is 853. The third kappa shape index (κ3) is 2.51. The van der Waals surface area contributed by atoms with Crippen LogP contribution in [-0.2, 0) is 9.59 Å². The lowest BCUT2D eigenvalue weighted by molar-refractivity contribution is -0.121. The van der Waals surface area contributed by atoms with Gasteiger partial charge < -0.3 is 5.11 Å². The van der Waals surface area contributed by atoms with Gasteiger partial charge in [0.05, 0.1) is 11.3 Å². The van der Waals surface area contributed by atoms with Gasteiger partial charge >= 0.3 is 5.91 Å². The number of nitrogens with zero attached hydrogens (tertiary/aromatic N) is 1. The van der Waals surface area contributed by atoms with Crippen molar-refractivity contribution in [2.24, 2.45) is 0 Å². The van der Waals surface area contributed by atoms with Crippen LogP contribution in [0.1, 0.15) is 16.7 Å². The van der Waals surface area contributed by atoms with Crippen molar-refractivity contribution in [3.05, 3.63) is 69.9 Å². The summed E-state index contributed by atoms with van der Waals surface area (Å²) in [5.74, 6) is -1.85. The Balaban J connectivity index is 2.05. The van der Waals surface area contributed by atoms with E-state index in [2.05, 4.69) is 0 Å². The third-order valence-corrected chi connectivity index (χ3v) is 4.22. The van der Waals surface area contributed by atoms with Gasteiger partial charge in [-0.05, 0) is 37.1 Å². The molecule has 0 fully saturated rings. The van der Waals surface area contributed by atoms with Crippen molar-refractivity contribution in [2.45, 2.75) is 13.8 Å². The van der Waals surface area contributed by atoms with Gasteiger partial charge in [0, 0.05) is 5.02 Å². The summed E-state index contributed by atoms with van der Waals surface area (Å²) in [7, 11) is 0. The molecule has 0 atom stereocenters. The predicted molar refractivity (Wildman–Crippen MR) is 89.4 cm³/mol. The van der Waals surface area contributed by atoms with Crippen molar-refractivity contribution >= 4 is 34.7 Å². The molecular formula is C18H14ClNO3. The molecule has 0 saturated heterocycles. The Labute approximate surface area is 138 Å². The fraction of sp³-hybridized carbons (Fsp3) is 0.111. The maximum Gasteiger partial charge on any atom is 0.301 e. The van der Waals surface area contributed by atoms with Crippen LogP contribution in [0.2, 0.25) is 5.02 Å². The number of anilines is 1. The maximum absolute atomic E-state index is 12.7. The molecule has 0 aromatic heterocycles. The number of carbonyl (C=O) groups is 2. The zero-order chi connectivity index (χ0) is 16.7. The second kappa shape index (κ2) is 5.56. The zero-order valence-electron chi connectivity index (χ0n) is 12.6. The molecule has 1 heterocycles. The first-order chi connectivity index (χ1) is 10.9. The van der Waals surface area contributed by atoms with Crippen LogP contribution in [0.3, 0.4) is 0 Å². The number of carbonyl (C=O) groups excluding carboxylic acids is 2. The van der Waals surface area contributed by atoms with E-state index in [0.717, 1.165) is 16.0 Å². The number of benzene rings is 2. The standard InChI is InChI=1S/C18H14ClNO3/c1-10-3-6-12(7-4-10)15-16(21)18(23)20(17(15)22)13-8-5-11(2)14(19)9-13/h3-9,21H,1-2H3. The van der Waals surface area contributed by atoms with E-state index in [-0.39, 0.29) is 5.57 Å². The van der Waals surface area contributed by atoms with Crippen molar-refractivity contribution in [3.63, 3.8) is 0 Å². The molecular weight excluding hydrogens is 314 g/mol. The molecule has 0 spiro atoms. The van der Waals surface area contributed by atoms with E-state index in [1.54, 1.807) is 24.3 Å². The molecule has 23 heavy (non-hydrogen) atoms. The summed E-state index contributed by atoms with van der Waals surface area (Å²) in [5, 5.41) is 10.6. The Kier molecular flexibility index (Phi) is 3.70. The van der Waals surface area contributed by atoms with Crippen molar-refractivity contribution < 1.29 is 14.7 Å². The highest BCUT2D eigenvalue weighted by molar-refractivity contribution is 6.45. The fourth-order valence-corrected chi connectivity index (χ4v) is 2.63. The molecule has 3 rings (SSSR count). The summed E-state index contributed by atoms with van der Waals surface area (Å²) in [4.78, 5) is 25.9. The molecule has 116 valence electrons. The van der Waals surface area contributed by atoms with Gasteiger partial charge in [-0.15, -0.1) is 0 Å². The molecule has 0 bridgehead atoms. The summed E-state index contributed by atoms with van der Waals surface area (Å²) < 4.78 is 0. The first-order valence-electron chi connectivity index (χ1n) is 7.05. The minimum absolute atomic E-state index is 0.00620. The number of amides is 2. The molecule has 1 aliphatic rings. The first-order valence-corrected chi connectivity index (χ1v) is 7.43. The van der Waals surface area contributed by atoms with Crippen LogP contribution in [-0.4, -0.2) is 16.9 Å². The SMILES string of the molecule is Cc1ccc(C2=C(O)C(=O)N(c3ccc(C)c(Cl)c3)C2=O)cc1. The number of aliphatic hydroxyl groups excluding tert-OH is 1. The summed E-state index contributed by atoms with van der Waals surface area (Å²) in [6.45, 7) is 3.74. The van der Waals surface area contributed by atoms with Crippen LogP contribution in [0.25, 0.3) is 5.57 Å². The van der Waals surface area contributed by atoms with Crippen LogP contribution in [0.15, 0.2) is 48.2 Å².